The minimum absolute atomic E-state index is 0.194. The molecule has 0 saturated carbocycles. The third kappa shape index (κ3) is 1.24. The van der Waals surface area contributed by atoms with Crippen LogP contribution in [0.3, 0.4) is 0 Å². The average Bonchev–Trinajstić information content (AvgIpc) is 2.44. The van der Waals surface area contributed by atoms with Gasteiger partial charge in [0.25, 0.3) is 0 Å². The van der Waals surface area contributed by atoms with Gasteiger partial charge in [-0.1, -0.05) is 11.6 Å². The lowest BCUT2D eigenvalue weighted by Gasteiger charge is -1.94. The number of halogens is 1. The summed E-state index contributed by atoms with van der Waals surface area (Å²) in [7, 11) is 1.76. The molecule has 0 saturated heterocycles. The highest BCUT2D eigenvalue weighted by molar-refractivity contribution is 6.31. The SMILES string of the molecule is Cn1cc(C(=O)O)c2ncc(Cl)cc21. The number of carbonyl (C=O) groups is 1. The number of hydrogen-bond acceptors (Lipinski definition) is 2. The molecular weight excluding hydrogens is 204 g/mol. The molecule has 0 aliphatic heterocycles. The number of carboxylic acids is 1. The second-order valence-electron chi connectivity index (χ2n) is 2.98. The van der Waals surface area contributed by atoms with Crippen molar-refractivity contribution in [3.63, 3.8) is 0 Å². The van der Waals surface area contributed by atoms with Crippen LogP contribution >= 0.6 is 11.6 Å². The van der Waals surface area contributed by atoms with Crippen molar-refractivity contribution in [1.29, 1.82) is 0 Å². The molecule has 0 unspecified atom stereocenters. The molecule has 0 aliphatic carbocycles. The van der Waals surface area contributed by atoms with E-state index in [1.54, 1.807) is 17.7 Å². The Labute approximate surface area is 84.7 Å². The molecule has 0 fully saturated rings. The van der Waals surface area contributed by atoms with Crippen LogP contribution in [0.4, 0.5) is 0 Å². The highest BCUT2D eigenvalue weighted by atomic mass is 35.5. The number of aromatic nitrogens is 2. The van der Waals surface area contributed by atoms with E-state index in [2.05, 4.69) is 4.98 Å². The van der Waals surface area contributed by atoms with Crippen LogP contribution in [-0.4, -0.2) is 20.6 Å². The fourth-order valence-corrected chi connectivity index (χ4v) is 1.54. The van der Waals surface area contributed by atoms with Gasteiger partial charge in [-0.25, -0.2) is 4.79 Å². The van der Waals surface area contributed by atoms with E-state index >= 15 is 0 Å². The van der Waals surface area contributed by atoms with Crippen molar-refractivity contribution in [2.75, 3.05) is 0 Å². The summed E-state index contributed by atoms with van der Waals surface area (Å²) in [6.07, 6.45) is 2.96. The normalized spacial score (nSPS) is 10.7. The van der Waals surface area contributed by atoms with Crippen LogP contribution in [-0.2, 0) is 7.05 Å². The molecule has 5 heteroatoms. The van der Waals surface area contributed by atoms with Gasteiger partial charge in [0.1, 0.15) is 11.1 Å². The van der Waals surface area contributed by atoms with E-state index in [0.29, 0.717) is 10.5 Å². The van der Waals surface area contributed by atoms with Gasteiger partial charge in [0.2, 0.25) is 0 Å². The highest BCUT2D eigenvalue weighted by Crippen LogP contribution is 2.21. The maximum absolute atomic E-state index is 10.8. The summed E-state index contributed by atoms with van der Waals surface area (Å²) in [6.45, 7) is 0. The Hall–Kier alpha value is -1.55. The predicted octanol–water partition coefficient (Wildman–Crippen LogP) is 1.92. The minimum Gasteiger partial charge on any atom is -0.478 e. The first-order valence-corrected chi connectivity index (χ1v) is 4.31. The summed E-state index contributed by atoms with van der Waals surface area (Å²) in [4.78, 5) is 14.8. The number of aryl methyl sites for hydroxylation is 1. The number of nitrogens with zero attached hydrogens (tertiary/aromatic N) is 2. The second-order valence-corrected chi connectivity index (χ2v) is 3.42. The van der Waals surface area contributed by atoms with Gasteiger partial charge < -0.3 is 9.67 Å². The van der Waals surface area contributed by atoms with Crippen molar-refractivity contribution in [3.8, 4) is 0 Å². The Kier molecular flexibility index (Phi) is 1.93. The van der Waals surface area contributed by atoms with Gasteiger partial charge in [0, 0.05) is 19.4 Å². The monoisotopic (exact) mass is 210 g/mol. The molecule has 2 rings (SSSR count). The lowest BCUT2D eigenvalue weighted by molar-refractivity contribution is 0.0698. The van der Waals surface area contributed by atoms with Crippen molar-refractivity contribution in [3.05, 3.63) is 29.0 Å². The van der Waals surface area contributed by atoms with Gasteiger partial charge in [-0.05, 0) is 6.07 Å². The predicted molar refractivity (Wildman–Crippen MR) is 52.7 cm³/mol. The molecule has 0 atom stereocenters. The van der Waals surface area contributed by atoms with Gasteiger partial charge in [0.15, 0.2) is 0 Å². The van der Waals surface area contributed by atoms with E-state index in [1.807, 2.05) is 0 Å². The smallest absolute Gasteiger partial charge is 0.339 e. The Morgan fingerprint density at radius 1 is 1.64 bits per heavy atom. The molecule has 0 bridgehead atoms. The molecule has 0 aliphatic rings. The van der Waals surface area contributed by atoms with Crippen molar-refractivity contribution in [2.24, 2.45) is 7.05 Å². The molecular formula is C9H7ClN2O2. The second kappa shape index (κ2) is 2.99. The Balaban J connectivity index is 2.84. The Morgan fingerprint density at radius 2 is 2.36 bits per heavy atom. The third-order valence-corrected chi connectivity index (χ3v) is 2.23. The number of aromatic carboxylic acids is 1. The molecule has 1 N–H and O–H groups in total. The number of carboxylic acid groups (broad SMARTS) is 1. The van der Waals surface area contributed by atoms with Gasteiger partial charge >= 0.3 is 5.97 Å². The van der Waals surface area contributed by atoms with Crippen LogP contribution in [0.5, 0.6) is 0 Å². The van der Waals surface area contributed by atoms with Crippen LogP contribution in [0, 0.1) is 0 Å². The summed E-state index contributed by atoms with van der Waals surface area (Å²) in [5, 5.41) is 9.38. The van der Waals surface area contributed by atoms with Crippen LogP contribution < -0.4 is 0 Å². The molecule has 14 heavy (non-hydrogen) atoms. The summed E-state index contributed by atoms with van der Waals surface area (Å²) in [5.74, 6) is -0.981. The van der Waals surface area contributed by atoms with Crippen LogP contribution in [0.25, 0.3) is 11.0 Å². The molecule has 2 aromatic rings. The molecule has 0 aromatic carbocycles. The van der Waals surface area contributed by atoms with Gasteiger partial charge in [0.05, 0.1) is 10.5 Å². The molecule has 72 valence electrons. The van der Waals surface area contributed by atoms with Crippen molar-refractivity contribution < 1.29 is 9.90 Å². The Morgan fingerprint density at radius 3 is 3.00 bits per heavy atom. The molecule has 2 heterocycles. The van der Waals surface area contributed by atoms with E-state index in [-0.39, 0.29) is 5.56 Å². The zero-order valence-corrected chi connectivity index (χ0v) is 8.12. The maximum Gasteiger partial charge on any atom is 0.339 e. The van der Waals surface area contributed by atoms with Gasteiger partial charge in [-0.3, -0.25) is 4.98 Å². The van der Waals surface area contributed by atoms with E-state index in [1.165, 1.54) is 12.4 Å². The summed E-state index contributed by atoms with van der Waals surface area (Å²) >= 11 is 5.76. The van der Waals surface area contributed by atoms with E-state index in [0.717, 1.165) is 5.52 Å². The van der Waals surface area contributed by atoms with E-state index < -0.39 is 5.97 Å². The van der Waals surface area contributed by atoms with Crippen LogP contribution in [0.1, 0.15) is 10.4 Å². The summed E-state index contributed by atoms with van der Waals surface area (Å²) in [6, 6.07) is 1.69. The standard InChI is InChI=1S/C9H7ClN2O2/c1-12-4-6(9(13)14)8-7(12)2-5(10)3-11-8/h2-4H,1H3,(H,13,14). The van der Waals surface area contributed by atoms with E-state index in [9.17, 15) is 4.79 Å². The summed E-state index contributed by atoms with van der Waals surface area (Å²) in [5.41, 5.74) is 1.37. The quantitative estimate of drug-likeness (QED) is 0.783. The zero-order chi connectivity index (χ0) is 10.3. The highest BCUT2D eigenvalue weighted by Gasteiger charge is 2.13. The summed E-state index contributed by atoms with van der Waals surface area (Å²) < 4.78 is 1.69. The minimum atomic E-state index is -0.981. The third-order valence-electron chi connectivity index (χ3n) is 2.02. The number of rotatable bonds is 1. The number of pyridine rings is 1. The Bertz CT molecular complexity index is 519. The van der Waals surface area contributed by atoms with Crippen molar-refractivity contribution >= 4 is 28.6 Å². The van der Waals surface area contributed by atoms with Crippen molar-refractivity contribution in [1.82, 2.24) is 9.55 Å². The maximum atomic E-state index is 10.8. The molecule has 4 nitrogen and oxygen atoms in total. The first-order chi connectivity index (χ1) is 6.59. The number of hydrogen-bond donors (Lipinski definition) is 1. The first kappa shape index (κ1) is 9.02. The lowest BCUT2D eigenvalue weighted by Crippen LogP contribution is -1.94. The van der Waals surface area contributed by atoms with Gasteiger partial charge in [-0.2, -0.15) is 0 Å². The zero-order valence-electron chi connectivity index (χ0n) is 7.36. The van der Waals surface area contributed by atoms with Crippen LogP contribution in [0.15, 0.2) is 18.5 Å². The lowest BCUT2D eigenvalue weighted by atomic mass is 10.3. The number of fused-ring (bicyclic) bond motifs is 1. The van der Waals surface area contributed by atoms with E-state index in [4.69, 9.17) is 16.7 Å². The molecule has 0 amide bonds. The topological polar surface area (TPSA) is 55.1 Å². The fourth-order valence-electron chi connectivity index (χ4n) is 1.39. The van der Waals surface area contributed by atoms with Crippen molar-refractivity contribution in [2.45, 2.75) is 0 Å². The first-order valence-electron chi connectivity index (χ1n) is 3.93. The van der Waals surface area contributed by atoms with Gasteiger partial charge in [-0.15, -0.1) is 0 Å². The molecule has 0 radical (unpaired) electrons. The van der Waals surface area contributed by atoms with Crippen LogP contribution in [0.2, 0.25) is 5.02 Å². The molecule has 0 spiro atoms. The molecule has 2 aromatic heterocycles. The average molecular weight is 211 g/mol. The fraction of sp³-hybridized carbons (Fsp3) is 0.111. The largest absolute Gasteiger partial charge is 0.478 e.